The minimum Gasteiger partial charge on any atom is -0.496 e. The summed E-state index contributed by atoms with van der Waals surface area (Å²) in [6.07, 6.45) is 3.98. The summed E-state index contributed by atoms with van der Waals surface area (Å²) in [5, 5.41) is 14.7. The molecular weight excluding hydrogens is 298 g/mol. The van der Waals surface area contributed by atoms with E-state index in [-0.39, 0.29) is 12.0 Å². The molecule has 0 bridgehead atoms. The summed E-state index contributed by atoms with van der Waals surface area (Å²) in [5.74, 6) is 0.974. The highest BCUT2D eigenvalue weighted by Gasteiger charge is 2.33. The molecule has 3 unspecified atom stereocenters. The molecule has 3 atom stereocenters. The van der Waals surface area contributed by atoms with Crippen LogP contribution in [0.1, 0.15) is 42.9 Å². The maximum absolute atomic E-state index is 11.1. The third-order valence-corrected chi connectivity index (χ3v) is 5.06. The fourth-order valence-electron chi connectivity index (χ4n) is 3.76. The number of anilines is 1. The zero-order valence-corrected chi connectivity index (χ0v) is 14.5. The molecule has 0 saturated heterocycles. The molecule has 0 radical (unpaired) electrons. The molecule has 0 spiro atoms. The second kappa shape index (κ2) is 7.71. The van der Waals surface area contributed by atoms with E-state index < -0.39 is 6.10 Å². The second-order valence-electron chi connectivity index (χ2n) is 6.76. The van der Waals surface area contributed by atoms with Crippen molar-refractivity contribution in [2.45, 2.75) is 44.8 Å². The first-order valence-electron chi connectivity index (χ1n) is 8.83. The van der Waals surface area contributed by atoms with Gasteiger partial charge in [-0.1, -0.05) is 43.2 Å². The standard InChI is InChI=1S/C21H27NO2/c1-15-12-13-18(20(14-15)24-2)21(23)17-10-6-7-11-19(17)22-16-8-4-3-5-9-16/h3-5,8-9,12-14,17,19,21-23H,6-7,10-11H2,1-2H3. The fourth-order valence-corrected chi connectivity index (χ4v) is 3.76. The molecule has 0 heterocycles. The average Bonchev–Trinajstić information content (AvgIpc) is 2.62. The van der Waals surface area contributed by atoms with E-state index in [1.807, 2.05) is 43.3 Å². The van der Waals surface area contributed by atoms with Gasteiger partial charge in [0.05, 0.1) is 13.2 Å². The van der Waals surface area contributed by atoms with Crippen LogP contribution in [0.15, 0.2) is 48.5 Å². The molecule has 1 fully saturated rings. The highest BCUT2D eigenvalue weighted by Crippen LogP contribution is 2.39. The minimum absolute atomic E-state index is 0.190. The van der Waals surface area contributed by atoms with Crippen LogP contribution in [0.5, 0.6) is 5.75 Å². The Kier molecular flexibility index (Phi) is 5.41. The number of ether oxygens (including phenoxy) is 1. The van der Waals surface area contributed by atoms with Crippen LogP contribution < -0.4 is 10.1 Å². The van der Waals surface area contributed by atoms with Gasteiger partial charge in [0.2, 0.25) is 0 Å². The summed E-state index contributed by atoms with van der Waals surface area (Å²) in [6.45, 7) is 2.04. The molecule has 3 heteroatoms. The van der Waals surface area contributed by atoms with Gasteiger partial charge >= 0.3 is 0 Å². The van der Waals surface area contributed by atoms with Gasteiger partial charge in [0, 0.05) is 23.2 Å². The van der Waals surface area contributed by atoms with E-state index in [0.29, 0.717) is 0 Å². The zero-order chi connectivity index (χ0) is 16.9. The van der Waals surface area contributed by atoms with Gasteiger partial charge in [-0.15, -0.1) is 0 Å². The molecular formula is C21H27NO2. The highest BCUT2D eigenvalue weighted by molar-refractivity contribution is 5.44. The van der Waals surface area contributed by atoms with Gasteiger partial charge < -0.3 is 15.2 Å². The first-order chi connectivity index (χ1) is 11.7. The molecule has 0 amide bonds. The fraction of sp³-hybridized carbons (Fsp3) is 0.429. The number of hydrogen-bond donors (Lipinski definition) is 2. The lowest BCUT2D eigenvalue weighted by atomic mass is 9.78. The quantitative estimate of drug-likeness (QED) is 0.836. The van der Waals surface area contributed by atoms with Crippen LogP contribution in [0, 0.1) is 12.8 Å². The lowest BCUT2D eigenvalue weighted by Gasteiger charge is -2.36. The number of nitrogens with one attached hydrogen (secondary N) is 1. The van der Waals surface area contributed by atoms with Crippen molar-refractivity contribution in [3.8, 4) is 5.75 Å². The first kappa shape index (κ1) is 16.8. The van der Waals surface area contributed by atoms with E-state index in [2.05, 4.69) is 17.4 Å². The third-order valence-electron chi connectivity index (χ3n) is 5.06. The van der Waals surface area contributed by atoms with Gasteiger partial charge in [0.25, 0.3) is 0 Å². The monoisotopic (exact) mass is 325 g/mol. The molecule has 3 nitrogen and oxygen atoms in total. The molecule has 2 N–H and O–H groups in total. The summed E-state index contributed by atoms with van der Waals surface area (Å²) >= 11 is 0. The molecule has 1 aliphatic carbocycles. The first-order valence-corrected chi connectivity index (χ1v) is 8.83. The van der Waals surface area contributed by atoms with Gasteiger partial charge in [-0.3, -0.25) is 0 Å². The van der Waals surface area contributed by atoms with Crippen LogP contribution in [-0.4, -0.2) is 18.3 Å². The van der Waals surface area contributed by atoms with Crippen LogP contribution in [-0.2, 0) is 0 Å². The molecule has 2 aromatic rings. The Morgan fingerprint density at radius 1 is 1.08 bits per heavy atom. The summed E-state index contributed by atoms with van der Waals surface area (Å²) in [5.41, 5.74) is 3.16. The number of rotatable bonds is 5. The van der Waals surface area contributed by atoms with Crippen LogP contribution in [0.4, 0.5) is 5.69 Å². The van der Waals surface area contributed by atoms with Crippen LogP contribution in [0.25, 0.3) is 0 Å². The summed E-state index contributed by atoms with van der Waals surface area (Å²) < 4.78 is 5.51. The van der Waals surface area contributed by atoms with Crippen molar-refractivity contribution < 1.29 is 9.84 Å². The molecule has 1 saturated carbocycles. The van der Waals surface area contributed by atoms with Gasteiger partial charge in [0.1, 0.15) is 5.75 Å². The average molecular weight is 325 g/mol. The van der Waals surface area contributed by atoms with E-state index in [1.165, 1.54) is 12.8 Å². The number of hydrogen-bond acceptors (Lipinski definition) is 3. The van der Waals surface area contributed by atoms with Crippen molar-refractivity contribution in [2.75, 3.05) is 12.4 Å². The van der Waals surface area contributed by atoms with E-state index >= 15 is 0 Å². The number of para-hydroxylation sites is 1. The summed E-state index contributed by atoms with van der Waals surface area (Å²) in [4.78, 5) is 0. The Hall–Kier alpha value is -2.00. The van der Waals surface area contributed by atoms with Crippen LogP contribution in [0.3, 0.4) is 0 Å². The smallest absolute Gasteiger partial charge is 0.124 e. The molecule has 1 aliphatic rings. The molecule has 2 aromatic carbocycles. The van der Waals surface area contributed by atoms with E-state index in [0.717, 1.165) is 35.4 Å². The lowest BCUT2D eigenvalue weighted by Crippen LogP contribution is -2.36. The summed E-state index contributed by atoms with van der Waals surface area (Å²) in [6, 6.07) is 16.6. The number of methoxy groups -OCH3 is 1. The van der Waals surface area contributed by atoms with Gasteiger partial charge in [-0.05, 0) is 43.5 Å². The van der Waals surface area contributed by atoms with E-state index in [4.69, 9.17) is 4.74 Å². The van der Waals surface area contributed by atoms with Crippen LogP contribution in [0.2, 0.25) is 0 Å². The third kappa shape index (κ3) is 3.73. The van der Waals surface area contributed by atoms with Gasteiger partial charge in [-0.25, -0.2) is 0 Å². The SMILES string of the molecule is COc1cc(C)ccc1C(O)C1CCCCC1Nc1ccccc1. The second-order valence-corrected chi connectivity index (χ2v) is 6.76. The number of benzene rings is 2. The Morgan fingerprint density at radius 2 is 1.83 bits per heavy atom. The van der Waals surface area contributed by atoms with E-state index in [1.54, 1.807) is 7.11 Å². The number of aryl methyl sites for hydroxylation is 1. The molecule has 24 heavy (non-hydrogen) atoms. The predicted molar refractivity (Wildman–Crippen MR) is 98.5 cm³/mol. The summed E-state index contributed by atoms with van der Waals surface area (Å²) in [7, 11) is 1.67. The molecule has 3 rings (SSSR count). The van der Waals surface area contributed by atoms with Crippen molar-refractivity contribution in [1.29, 1.82) is 0 Å². The van der Waals surface area contributed by atoms with Crippen LogP contribution >= 0.6 is 0 Å². The highest BCUT2D eigenvalue weighted by atomic mass is 16.5. The Bertz CT molecular complexity index is 656. The van der Waals surface area contributed by atoms with Crippen molar-refractivity contribution in [1.82, 2.24) is 0 Å². The molecule has 0 aromatic heterocycles. The van der Waals surface area contributed by atoms with Crippen molar-refractivity contribution in [2.24, 2.45) is 5.92 Å². The number of aliphatic hydroxyl groups excluding tert-OH is 1. The maximum Gasteiger partial charge on any atom is 0.124 e. The Balaban J connectivity index is 1.82. The van der Waals surface area contributed by atoms with Crippen molar-refractivity contribution in [3.05, 3.63) is 59.7 Å². The van der Waals surface area contributed by atoms with Crippen molar-refractivity contribution >= 4 is 5.69 Å². The largest absolute Gasteiger partial charge is 0.496 e. The Morgan fingerprint density at radius 3 is 2.58 bits per heavy atom. The zero-order valence-electron chi connectivity index (χ0n) is 14.5. The lowest BCUT2D eigenvalue weighted by molar-refractivity contribution is 0.0747. The van der Waals surface area contributed by atoms with Crippen molar-refractivity contribution in [3.63, 3.8) is 0 Å². The topological polar surface area (TPSA) is 41.5 Å². The van der Waals surface area contributed by atoms with E-state index in [9.17, 15) is 5.11 Å². The maximum atomic E-state index is 11.1. The molecule has 0 aliphatic heterocycles. The molecule has 128 valence electrons. The van der Waals surface area contributed by atoms with Gasteiger partial charge in [0.15, 0.2) is 0 Å². The number of aliphatic hydroxyl groups is 1. The normalized spacial score (nSPS) is 22.0. The predicted octanol–water partition coefficient (Wildman–Crippen LogP) is 4.71. The Labute approximate surface area is 144 Å². The minimum atomic E-state index is -0.512. The van der Waals surface area contributed by atoms with Gasteiger partial charge in [-0.2, -0.15) is 0 Å².